The molecule has 17 heavy (non-hydrogen) atoms. The molecule has 2 aliphatic rings. The maximum absolute atomic E-state index is 11.6. The first-order valence-corrected chi connectivity index (χ1v) is 7.10. The van der Waals surface area contributed by atoms with E-state index in [1.165, 1.54) is 12.8 Å². The standard InChI is InChI=1S/C13H24N2OS/c1-11(2)12(16)3-6-14-7-4-13(5-8-14)9-15(17)10-13/h11,17H,3-10H2,1-2H3. The van der Waals surface area contributed by atoms with Gasteiger partial charge in [0.25, 0.3) is 0 Å². The first-order chi connectivity index (χ1) is 8.01. The van der Waals surface area contributed by atoms with Crippen molar-refractivity contribution in [3.63, 3.8) is 0 Å². The van der Waals surface area contributed by atoms with Crippen molar-refractivity contribution in [3.05, 3.63) is 0 Å². The summed E-state index contributed by atoms with van der Waals surface area (Å²) in [6.45, 7) is 9.55. The van der Waals surface area contributed by atoms with E-state index in [0.717, 1.165) is 39.1 Å². The average molecular weight is 256 g/mol. The first kappa shape index (κ1) is 13.4. The highest BCUT2D eigenvalue weighted by molar-refractivity contribution is 7.77. The Morgan fingerprint density at radius 2 is 1.88 bits per heavy atom. The van der Waals surface area contributed by atoms with Crippen molar-refractivity contribution in [3.8, 4) is 0 Å². The summed E-state index contributed by atoms with van der Waals surface area (Å²) in [6.07, 6.45) is 3.28. The van der Waals surface area contributed by atoms with E-state index in [-0.39, 0.29) is 5.92 Å². The highest BCUT2D eigenvalue weighted by Gasteiger charge is 2.43. The molecular weight excluding hydrogens is 232 g/mol. The van der Waals surface area contributed by atoms with Crippen molar-refractivity contribution in [1.29, 1.82) is 0 Å². The molecule has 2 rings (SSSR count). The number of piperidine rings is 1. The lowest BCUT2D eigenvalue weighted by Crippen LogP contribution is -2.57. The van der Waals surface area contributed by atoms with E-state index in [0.29, 0.717) is 11.2 Å². The maximum Gasteiger partial charge on any atom is 0.136 e. The van der Waals surface area contributed by atoms with E-state index >= 15 is 0 Å². The molecule has 0 saturated carbocycles. The molecule has 0 aliphatic carbocycles. The zero-order valence-corrected chi connectivity index (χ0v) is 11.9. The van der Waals surface area contributed by atoms with Gasteiger partial charge in [-0.3, -0.25) is 9.10 Å². The molecule has 0 aromatic rings. The molecule has 0 aromatic heterocycles. The molecule has 0 bridgehead atoms. The minimum Gasteiger partial charge on any atom is -0.303 e. The Morgan fingerprint density at radius 3 is 2.35 bits per heavy atom. The van der Waals surface area contributed by atoms with Gasteiger partial charge in [-0.1, -0.05) is 26.7 Å². The highest BCUT2D eigenvalue weighted by Crippen LogP contribution is 2.40. The van der Waals surface area contributed by atoms with E-state index in [1.807, 2.05) is 13.8 Å². The zero-order valence-electron chi connectivity index (χ0n) is 11.0. The van der Waals surface area contributed by atoms with Crippen molar-refractivity contribution < 1.29 is 4.79 Å². The third-order valence-corrected chi connectivity index (χ3v) is 4.55. The molecule has 0 radical (unpaired) electrons. The van der Waals surface area contributed by atoms with Crippen molar-refractivity contribution in [2.24, 2.45) is 11.3 Å². The molecule has 0 unspecified atom stereocenters. The molecule has 0 aromatic carbocycles. The zero-order chi connectivity index (χ0) is 12.5. The predicted molar refractivity (Wildman–Crippen MR) is 73.1 cm³/mol. The van der Waals surface area contributed by atoms with Crippen LogP contribution in [0.15, 0.2) is 0 Å². The minimum atomic E-state index is 0.190. The van der Waals surface area contributed by atoms with Gasteiger partial charge in [0.05, 0.1) is 0 Å². The summed E-state index contributed by atoms with van der Waals surface area (Å²) in [7, 11) is 0. The molecule has 3 nitrogen and oxygen atoms in total. The van der Waals surface area contributed by atoms with E-state index in [9.17, 15) is 4.79 Å². The number of carbonyl (C=O) groups is 1. The number of hydrogen-bond acceptors (Lipinski definition) is 4. The lowest BCUT2D eigenvalue weighted by Gasteiger charge is -2.52. The van der Waals surface area contributed by atoms with Crippen LogP contribution in [0.2, 0.25) is 0 Å². The third-order valence-electron chi connectivity index (χ3n) is 4.27. The predicted octanol–water partition coefficient (Wildman–Crippen LogP) is 1.84. The van der Waals surface area contributed by atoms with E-state index in [2.05, 4.69) is 22.0 Å². The number of nitrogens with zero attached hydrogens (tertiary/aromatic N) is 2. The molecular formula is C13H24N2OS. The molecule has 4 heteroatoms. The Balaban J connectivity index is 1.67. The molecule has 0 amide bonds. The molecule has 2 aliphatic heterocycles. The normalized spacial score (nSPS) is 25.2. The Hall–Kier alpha value is -0.0600. The van der Waals surface area contributed by atoms with Gasteiger partial charge in [-0.25, -0.2) is 0 Å². The van der Waals surface area contributed by atoms with Gasteiger partial charge in [0.1, 0.15) is 5.78 Å². The summed E-state index contributed by atoms with van der Waals surface area (Å²) in [5.74, 6) is 0.589. The maximum atomic E-state index is 11.6. The number of carbonyl (C=O) groups excluding carboxylic acids is 1. The number of hydrogen-bond donors (Lipinski definition) is 1. The fourth-order valence-electron chi connectivity index (χ4n) is 2.85. The van der Waals surface area contributed by atoms with Crippen molar-refractivity contribution >= 4 is 18.6 Å². The lowest BCUT2D eigenvalue weighted by molar-refractivity contribution is -0.122. The summed E-state index contributed by atoms with van der Waals surface area (Å²) in [6, 6.07) is 0. The van der Waals surface area contributed by atoms with Gasteiger partial charge in [-0.2, -0.15) is 0 Å². The van der Waals surface area contributed by atoms with Gasteiger partial charge in [-0.15, -0.1) is 0 Å². The second kappa shape index (κ2) is 5.29. The summed E-state index contributed by atoms with van der Waals surface area (Å²) in [5.41, 5.74) is 0.556. The second-order valence-electron chi connectivity index (χ2n) is 6.04. The molecule has 1 spiro atoms. The van der Waals surface area contributed by atoms with E-state index < -0.39 is 0 Å². The highest BCUT2D eigenvalue weighted by atomic mass is 32.1. The summed E-state index contributed by atoms with van der Waals surface area (Å²) < 4.78 is 2.11. The van der Waals surface area contributed by atoms with E-state index in [1.54, 1.807) is 0 Å². The summed E-state index contributed by atoms with van der Waals surface area (Å²) >= 11 is 4.36. The van der Waals surface area contributed by atoms with Gasteiger partial charge >= 0.3 is 0 Å². The minimum absolute atomic E-state index is 0.190. The fraction of sp³-hybridized carbons (Fsp3) is 0.923. The fourth-order valence-corrected chi connectivity index (χ4v) is 3.45. The number of thiol groups is 1. The summed E-state index contributed by atoms with van der Waals surface area (Å²) in [4.78, 5) is 14.0. The van der Waals surface area contributed by atoms with Crippen LogP contribution in [0.4, 0.5) is 0 Å². The smallest absolute Gasteiger partial charge is 0.136 e. The van der Waals surface area contributed by atoms with Crippen LogP contribution in [0.5, 0.6) is 0 Å². The first-order valence-electron chi connectivity index (χ1n) is 6.70. The van der Waals surface area contributed by atoms with Gasteiger partial charge < -0.3 is 4.90 Å². The Bertz CT molecular complexity index is 277. The largest absolute Gasteiger partial charge is 0.303 e. The van der Waals surface area contributed by atoms with Crippen LogP contribution in [0.1, 0.15) is 33.1 Å². The van der Waals surface area contributed by atoms with Gasteiger partial charge in [0.2, 0.25) is 0 Å². The van der Waals surface area contributed by atoms with Crippen LogP contribution >= 0.6 is 12.8 Å². The SMILES string of the molecule is CC(C)C(=O)CCN1CCC2(CC1)CN(S)C2. The molecule has 0 N–H and O–H groups in total. The van der Waals surface area contributed by atoms with Gasteiger partial charge in [0.15, 0.2) is 0 Å². The quantitative estimate of drug-likeness (QED) is 0.777. The summed E-state index contributed by atoms with van der Waals surface area (Å²) in [5, 5.41) is 0. The Morgan fingerprint density at radius 1 is 1.29 bits per heavy atom. The van der Waals surface area contributed by atoms with Crippen LogP contribution in [0.3, 0.4) is 0 Å². The second-order valence-corrected chi connectivity index (χ2v) is 6.60. The molecule has 2 saturated heterocycles. The number of Topliss-reactive ketones (excluding diaryl/α,β-unsaturated/α-hetero) is 1. The van der Waals surface area contributed by atoms with Crippen LogP contribution in [-0.2, 0) is 4.79 Å². The van der Waals surface area contributed by atoms with Crippen LogP contribution in [-0.4, -0.2) is 47.7 Å². The van der Waals surface area contributed by atoms with Crippen LogP contribution in [0.25, 0.3) is 0 Å². The van der Waals surface area contributed by atoms with E-state index in [4.69, 9.17) is 0 Å². The molecule has 2 fully saturated rings. The van der Waals surface area contributed by atoms with Crippen LogP contribution in [0, 0.1) is 11.3 Å². The van der Waals surface area contributed by atoms with Crippen molar-refractivity contribution in [2.45, 2.75) is 33.1 Å². The number of rotatable bonds is 4. The molecule has 0 atom stereocenters. The molecule has 2 heterocycles. The number of likely N-dealkylation sites (tertiary alicyclic amines) is 1. The number of ketones is 1. The van der Waals surface area contributed by atoms with Crippen LogP contribution < -0.4 is 0 Å². The van der Waals surface area contributed by atoms with Gasteiger partial charge in [-0.05, 0) is 25.9 Å². The van der Waals surface area contributed by atoms with Crippen molar-refractivity contribution in [1.82, 2.24) is 9.21 Å². The molecule has 98 valence electrons. The van der Waals surface area contributed by atoms with Gasteiger partial charge in [0, 0.05) is 37.4 Å². The average Bonchev–Trinajstić information content (AvgIpc) is 2.26. The monoisotopic (exact) mass is 256 g/mol. The lowest BCUT2D eigenvalue weighted by atomic mass is 9.73. The van der Waals surface area contributed by atoms with Crippen molar-refractivity contribution in [2.75, 3.05) is 32.7 Å². The Kier molecular flexibility index (Phi) is 4.16. The Labute approximate surface area is 110 Å². The third kappa shape index (κ3) is 3.24. The topological polar surface area (TPSA) is 23.6 Å².